The number of aromatic hydroxyl groups is 1. The number of phenols is 1. The van der Waals surface area contributed by atoms with Gasteiger partial charge in [0, 0.05) is 19.2 Å². The molecule has 0 saturated carbocycles. The van der Waals surface area contributed by atoms with Gasteiger partial charge in [-0.25, -0.2) is 4.39 Å². The maximum Gasteiger partial charge on any atom is 0.257 e. The molecule has 1 aromatic carbocycles. The number of phenolic OH excluding ortho intramolecular Hbond substituents is 1. The molecule has 18 heavy (non-hydrogen) atoms. The Hall–Kier alpha value is -1.58. The minimum Gasteiger partial charge on any atom is -0.507 e. The van der Waals surface area contributed by atoms with Gasteiger partial charge in [0.2, 0.25) is 0 Å². The molecule has 2 rings (SSSR count). The lowest BCUT2D eigenvalue weighted by atomic mass is 9.84. The normalized spacial score (nSPS) is 18.7. The van der Waals surface area contributed by atoms with E-state index in [1.54, 1.807) is 4.90 Å². The Labute approximate surface area is 106 Å². The number of nitrogens with zero attached hydrogens (tertiary/aromatic N) is 1. The molecule has 1 N–H and O–H groups in total. The molecule has 0 atom stereocenters. The van der Waals surface area contributed by atoms with Gasteiger partial charge in [0.05, 0.1) is 5.56 Å². The summed E-state index contributed by atoms with van der Waals surface area (Å²) in [6.45, 7) is 5.61. The van der Waals surface area contributed by atoms with Crippen LogP contribution in [0.15, 0.2) is 18.2 Å². The summed E-state index contributed by atoms with van der Waals surface area (Å²) in [5, 5.41) is 9.64. The second kappa shape index (κ2) is 4.59. The first kappa shape index (κ1) is 12.9. The number of piperidine rings is 1. The van der Waals surface area contributed by atoms with Gasteiger partial charge in [-0.3, -0.25) is 4.79 Å². The Morgan fingerprint density at radius 1 is 1.44 bits per heavy atom. The summed E-state index contributed by atoms with van der Waals surface area (Å²) in [5.41, 5.74) is 0.276. The molecule has 0 unspecified atom stereocenters. The Balaban J connectivity index is 2.20. The fraction of sp³-hybridized carbons (Fsp3) is 0.500. The first-order chi connectivity index (χ1) is 8.39. The minimum atomic E-state index is -0.539. The largest absolute Gasteiger partial charge is 0.507 e. The molecule has 0 radical (unpaired) electrons. The minimum absolute atomic E-state index is 0.101. The second-order valence-corrected chi connectivity index (χ2v) is 5.66. The summed E-state index contributed by atoms with van der Waals surface area (Å²) in [5.74, 6) is -1.05. The van der Waals surface area contributed by atoms with Crippen LogP contribution in [0.4, 0.5) is 4.39 Å². The van der Waals surface area contributed by atoms with Crippen molar-refractivity contribution in [3.63, 3.8) is 0 Å². The number of hydrogen-bond acceptors (Lipinski definition) is 2. The molecule has 4 heteroatoms. The van der Waals surface area contributed by atoms with Crippen molar-refractivity contribution in [2.75, 3.05) is 13.1 Å². The van der Waals surface area contributed by atoms with Crippen LogP contribution in [0, 0.1) is 11.2 Å². The van der Waals surface area contributed by atoms with Gasteiger partial charge in [-0.2, -0.15) is 0 Å². The summed E-state index contributed by atoms with van der Waals surface area (Å²) in [4.78, 5) is 14.0. The van der Waals surface area contributed by atoms with E-state index >= 15 is 0 Å². The van der Waals surface area contributed by atoms with Crippen molar-refractivity contribution < 1.29 is 14.3 Å². The zero-order valence-electron chi connectivity index (χ0n) is 10.7. The van der Waals surface area contributed by atoms with Gasteiger partial charge in [-0.1, -0.05) is 13.8 Å². The third kappa shape index (κ3) is 2.63. The van der Waals surface area contributed by atoms with Crippen LogP contribution >= 0.6 is 0 Å². The van der Waals surface area contributed by atoms with Gasteiger partial charge in [0.25, 0.3) is 5.91 Å². The summed E-state index contributed by atoms with van der Waals surface area (Å²) in [7, 11) is 0. The lowest BCUT2D eigenvalue weighted by Gasteiger charge is -2.38. The van der Waals surface area contributed by atoms with Crippen LogP contribution in [0.3, 0.4) is 0 Å². The van der Waals surface area contributed by atoms with E-state index in [1.807, 2.05) is 0 Å². The van der Waals surface area contributed by atoms with Gasteiger partial charge in [0.15, 0.2) is 0 Å². The van der Waals surface area contributed by atoms with E-state index in [9.17, 15) is 14.3 Å². The van der Waals surface area contributed by atoms with Crippen LogP contribution in [-0.2, 0) is 0 Å². The van der Waals surface area contributed by atoms with E-state index < -0.39 is 5.82 Å². The van der Waals surface area contributed by atoms with Crippen molar-refractivity contribution in [1.29, 1.82) is 0 Å². The summed E-state index contributed by atoms with van der Waals surface area (Å²) >= 11 is 0. The monoisotopic (exact) mass is 251 g/mol. The molecule has 1 amide bonds. The van der Waals surface area contributed by atoms with Crippen molar-refractivity contribution in [3.8, 4) is 5.75 Å². The van der Waals surface area contributed by atoms with Gasteiger partial charge >= 0.3 is 0 Å². The SMILES string of the molecule is CC1(C)CCCN(C(=O)c2ccc(F)cc2O)C1. The van der Waals surface area contributed by atoms with Crippen molar-refractivity contribution in [1.82, 2.24) is 4.90 Å². The summed E-state index contributed by atoms with van der Waals surface area (Å²) in [6.07, 6.45) is 2.05. The van der Waals surface area contributed by atoms with Crippen LogP contribution in [0.2, 0.25) is 0 Å². The number of carbonyl (C=O) groups excluding carboxylic acids is 1. The molecule has 0 aliphatic carbocycles. The smallest absolute Gasteiger partial charge is 0.257 e. The molecule has 0 aromatic heterocycles. The lowest BCUT2D eigenvalue weighted by Crippen LogP contribution is -2.43. The Kier molecular flexibility index (Phi) is 3.28. The van der Waals surface area contributed by atoms with Crippen molar-refractivity contribution in [2.24, 2.45) is 5.41 Å². The van der Waals surface area contributed by atoms with Crippen LogP contribution in [0.1, 0.15) is 37.0 Å². The number of likely N-dealkylation sites (tertiary alicyclic amines) is 1. The average molecular weight is 251 g/mol. The van der Waals surface area contributed by atoms with Crippen molar-refractivity contribution in [3.05, 3.63) is 29.6 Å². The van der Waals surface area contributed by atoms with Crippen molar-refractivity contribution in [2.45, 2.75) is 26.7 Å². The Morgan fingerprint density at radius 3 is 2.78 bits per heavy atom. The maximum atomic E-state index is 12.9. The Morgan fingerprint density at radius 2 is 2.17 bits per heavy atom. The quantitative estimate of drug-likeness (QED) is 0.833. The third-order valence-electron chi connectivity index (χ3n) is 3.38. The molecule has 0 spiro atoms. The molecule has 1 saturated heterocycles. The maximum absolute atomic E-state index is 12.9. The van der Waals surface area contributed by atoms with Gasteiger partial charge in [-0.15, -0.1) is 0 Å². The van der Waals surface area contributed by atoms with E-state index in [0.717, 1.165) is 18.9 Å². The molecule has 1 aromatic rings. The number of amides is 1. The van der Waals surface area contributed by atoms with Crippen LogP contribution in [0.25, 0.3) is 0 Å². The Bertz CT molecular complexity index is 471. The highest BCUT2D eigenvalue weighted by Gasteiger charge is 2.30. The first-order valence-electron chi connectivity index (χ1n) is 6.17. The molecule has 1 aliphatic heterocycles. The summed E-state index contributed by atoms with van der Waals surface area (Å²) < 4.78 is 12.9. The molecule has 0 bridgehead atoms. The predicted octanol–water partition coefficient (Wildman–Crippen LogP) is 2.79. The van der Waals surface area contributed by atoms with Gasteiger partial charge in [0.1, 0.15) is 11.6 Å². The zero-order chi connectivity index (χ0) is 13.3. The standard InChI is InChI=1S/C14H18FNO2/c1-14(2)6-3-7-16(9-14)13(18)11-5-4-10(15)8-12(11)17/h4-5,8,17H,3,6-7,9H2,1-2H3. The van der Waals surface area contributed by atoms with E-state index in [4.69, 9.17) is 0 Å². The molecule has 1 fully saturated rings. The fourth-order valence-electron chi connectivity index (χ4n) is 2.45. The van der Waals surface area contributed by atoms with Crippen LogP contribution in [0.5, 0.6) is 5.75 Å². The molecule has 98 valence electrons. The third-order valence-corrected chi connectivity index (χ3v) is 3.38. The van der Waals surface area contributed by atoms with Crippen molar-refractivity contribution >= 4 is 5.91 Å². The number of benzene rings is 1. The molecular formula is C14H18FNO2. The van der Waals surface area contributed by atoms with E-state index in [-0.39, 0.29) is 22.6 Å². The fourth-order valence-corrected chi connectivity index (χ4v) is 2.45. The van der Waals surface area contributed by atoms with E-state index in [1.165, 1.54) is 12.1 Å². The van der Waals surface area contributed by atoms with Gasteiger partial charge in [-0.05, 0) is 30.4 Å². The predicted molar refractivity (Wildman–Crippen MR) is 67.0 cm³/mol. The van der Waals surface area contributed by atoms with Crippen LogP contribution in [-0.4, -0.2) is 29.0 Å². The average Bonchev–Trinajstić information content (AvgIpc) is 2.27. The second-order valence-electron chi connectivity index (χ2n) is 5.66. The van der Waals surface area contributed by atoms with E-state index in [0.29, 0.717) is 13.1 Å². The highest BCUT2D eigenvalue weighted by atomic mass is 19.1. The molecule has 1 heterocycles. The number of hydrogen-bond donors (Lipinski definition) is 1. The highest BCUT2D eigenvalue weighted by Crippen LogP contribution is 2.30. The first-order valence-corrected chi connectivity index (χ1v) is 6.17. The van der Waals surface area contributed by atoms with E-state index in [2.05, 4.69) is 13.8 Å². The van der Waals surface area contributed by atoms with Crippen LogP contribution < -0.4 is 0 Å². The number of carbonyl (C=O) groups is 1. The number of halogens is 1. The molecular weight excluding hydrogens is 233 g/mol. The summed E-state index contributed by atoms with van der Waals surface area (Å²) in [6, 6.07) is 3.51. The highest BCUT2D eigenvalue weighted by molar-refractivity contribution is 5.96. The number of rotatable bonds is 1. The molecule has 1 aliphatic rings. The topological polar surface area (TPSA) is 40.5 Å². The van der Waals surface area contributed by atoms with Gasteiger partial charge < -0.3 is 10.0 Å². The zero-order valence-corrected chi connectivity index (χ0v) is 10.7. The molecule has 3 nitrogen and oxygen atoms in total. The lowest BCUT2D eigenvalue weighted by molar-refractivity contribution is 0.0580.